The summed E-state index contributed by atoms with van der Waals surface area (Å²) in [4.78, 5) is 0. The fourth-order valence-corrected chi connectivity index (χ4v) is 1.57. The third kappa shape index (κ3) is 3.11. The Morgan fingerprint density at radius 3 is 2.53 bits per heavy atom. The number of azo groups is 1. The standard InChI is InChI=1S/C13H13ClN3/c1-2-17-10-4-3-5-13(17)16-15-12-8-6-11(14)7-9-12/h3-10H,2H2,1H3/q+1. The predicted molar refractivity (Wildman–Crippen MR) is 67.9 cm³/mol. The Morgan fingerprint density at radius 2 is 1.82 bits per heavy atom. The Morgan fingerprint density at radius 1 is 1.06 bits per heavy atom. The van der Waals surface area contributed by atoms with Gasteiger partial charge in [0.1, 0.15) is 5.69 Å². The van der Waals surface area contributed by atoms with Gasteiger partial charge in [-0.3, -0.25) is 0 Å². The first kappa shape index (κ1) is 11.7. The topological polar surface area (TPSA) is 28.6 Å². The Hall–Kier alpha value is -1.74. The number of halogens is 1. The smallest absolute Gasteiger partial charge is 0.229 e. The van der Waals surface area contributed by atoms with Crippen LogP contribution in [0.25, 0.3) is 0 Å². The molecule has 0 aliphatic carbocycles. The highest BCUT2D eigenvalue weighted by atomic mass is 35.5. The molecule has 17 heavy (non-hydrogen) atoms. The molecule has 0 aliphatic heterocycles. The van der Waals surface area contributed by atoms with E-state index in [0.717, 1.165) is 18.1 Å². The molecule has 0 N–H and O–H groups in total. The summed E-state index contributed by atoms with van der Waals surface area (Å²) in [6.07, 6.45) is 1.98. The van der Waals surface area contributed by atoms with Crippen molar-refractivity contribution in [3.63, 3.8) is 0 Å². The monoisotopic (exact) mass is 246 g/mol. The second-order valence-corrected chi connectivity index (χ2v) is 3.96. The molecule has 2 aromatic rings. The first-order chi connectivity index (χ1) is 8.29. The van der Waals surface area contributed by atoms with E-state index in [9.17, 15) is 0 Å². The number of nitrogens with zero attached hydrogens (tertiary/aromatic N) is 3. The van der Waals surface area contributed by atoms with Gasteiger partial charge in [0.05, 0.1) is 17.9 Å². The maximum atomic E-state index is 5.80. The van der Waals surface area contributed by atoms with Crippen LogP contribution in [0.5, 0.6) is 0 Å². The quantitative estimate of drug-likeness (QED) is 0.577. The molecule has 4 heteroatoms. The highest BCUT2D eigenvalue weighted by Gasteiger charge is 2.05. The fraction of sp³-hybridized carbons (Fsp3) is 0.154. The van der Waals surface area contributed by atoms with Crippen molar-refractivity contribution in [1.82, 2.24) is 0 Å². The second-order valence-electron chi connectivity index (χ2n) is 3.52. The lowest BCUT2D eigenvalue weighted by molar-refractivity contribution is -0.681. The van der Waals surface area contributed by atoms with Gasteiger partial charge in [0.15, 0.2) is 0 Å². The summed E-state index contributed by atoms with van der Waals surface area (Å²) in [7, 11) is 0. The third-order valence-corrected chi connectivity index (χ3v) is 2.60. The van der Waals surface area contributed by atoms with Crippen molar-refractivity contribution in [3.05, 3.63) is 53.7 Å². The molecule has 0 bridgehead atoms. The van der Waals surface area contributed by atoms with E-state index in [0.29, 0.717) is 5.02 Å². The lowest BCUT2D eigenvalue weighted by atomic mass is 10.3. The Kier molecular flexibility index (Phi) is 3.83. The molecule has 0 aliphatic rings. The van der Waals surface area contributed by atoms with E-state index < -0.39 is 0 Å². The van der Waals surface area contributed by atoms with Crippen molar-refractivity contribution in [3.8, 4) is 0 Å². The van der Waals surface area contributed by atoms with E-state index in [4.69, 9.17) is 11.6 Å². The van der Waals surface area contributed by atoms with Crippen LogP contribution < -0.4 is 4.57 Å². The maximum absolute atomic E-state index is 5.80. The predicted octanol–water partition coefficient (Wildman–Crippen LogP) is 4.06. The van der Waals surface area contributed by atoms with Crippen LogP contribution in [0.1, 0.15) is 6.92 Å². The summed E-state index contributed by atoms with van der Waals surface area (Å²) in [6, 6.07) is 13.1. The van der Waals surface area contributed by atoms with Crippen LogP contribution in [-0.2, 0) is 6.54 Å². The van der Waals surface area contributed by atoms with E-state index in [1.54, 1.807) is 12.1 Å². The molecule has 2 rings (SSSR count). The van der Waals surface area contributed by atoms with E-state index in [1.807, 2.05) is 41.1 Å². The molecule has 0 radical (unpaired) electrons. The highest BCUT2D eigenvalue weighted by Crippen LogP contribution is 2.18. The van der Waals surface area contributed by atoms with Crippen molar-refractivity contribution >= 4 is 23.1 Å². The summed E-state index contributed by atoms with van der Waals surface area (Å²) in [5.74, 6) is 0.838. The van der Waals surface area contributed by atoms with E-state index in [-0.39, 0.29) is 0 Å². The van der Waals surface area contributed by atoms with E-state index >= 15 is 0 Å². The molecule has 0 unspecified atom stereocenters. The zero-order valence-electron chi connectivity index (χ0n) is 9.55. The average molecular weight is 247 g/mol. The summed E-state index contributed by atoms with van der Waals surface area (Å²) >= 11 is 5.80. The molecule has 1 aromatic heterocycles. The largest absolute Gasteiger partial charge is 0.350 e. The summed E-state index contributed by atoms with van der Waals surface area (Å²) in [6.45, 7) is 2.94. The van der Waals surface area contributed by atoms with Crippen LogP contribution in [0.3, 0.4) is 0 Å². The van der Waals surface area contributed by atoms with Crippen molar-refractivity contribution in [2.75, 3.05) is 0 Å². The van der Waals surface area contributed by atoms with Gasteiger partial charge in [0.2, 0.25) is 0 Å². The van der Waals surface area contributed by atoms with Gasteiger partial charge < -0.3 is 0 Å². The minimum atomic E-state index is 0.701. The van der Waals surface area contributed by atoms with E-state index in [2.05, 4.69) is 17.2 Å². The summed E-state index contributed by atoms with van der Waals surface area (Å²) in [5, 5.41) is 9.09. The molecule has 0 fully saturated rings. The first-order valence-electron chi connectivity index (χ1n) is 5.45. The lowest BCUT2D eigenvalue weighted by Gasteiger charge is -1.94. The SMILES string of the molecule is CC[n+]1ccccc1N=Nc1ccc(Cl)cc1. The Bertz CT molecular complexity index is 520. The number of aryl methyl sites for hydroxylation is 1. The lowest BCUT2D eigenvalue weighted by Crippen LogP contribution is -2.31. The van der Waals surface area contributed by atoms with Gasteiger partial charge in [0, 0.05) is 11.1 Å². The molecular weight excluding hydrogens is 234 g/mol. The Labute approximate surface area is 105 Å². The minimum absolute atomic E-state index is 0.701. The highest BCUT2D eigenvalue weighted by molar-refractivity contribution is 6.30. The first-order valence-corrected chi connectivity index (χ1v) is 5.83. The minimum Gasteiger partial charge on any atom is -0.229 e. The van der Waals surface area contributed by atoms with Gasteiger partial charge in [0.25, 0.3) is 0 Å². The molecule has 1 aromatic carbocycles. The molecule has 3 nitrogen and oxygen atoms in total. The van der Waals surface area contributed by atoms with Crippen molar-refractivity contribution < 1.29 is 4.57 Å². The van der Waals surface area contributed by atoms with Crippen LogP contribution in [0, 0.1) is 0 Å². The molecule has 86 valence electrons. The van der Waals surface area contributed by atoms with Gasteiger partial charge in [-0.25, -0.2) is 4.57 Å². The number of pyridine rings is 1. The van der Waals surface area contributed by atoms with Crippen LogP contribution in [0.2, 0.25) is 5.02 Å². The number of benzene rings is 1. The van der Waals surface area contributed by atoms with Gasteiger partial charge in [-0.05, 0) is 42.4 Å². The van der Waals surface area contributed by atoms with Crippen LogP contribution >= 0.6 is 11.6 Å². The molecule has 0 amide bonds. The van der Waals surface area contributed by atoms with Gasteiger partial charge in [-0.15, -0.1) is 0 Å². The zero-order valence-corrected chi connectivity index (χ0v) is 10.3. The molecule has 0 saturated carbocycles. The molecule has 0 spiro atoms. The number of hydrogen-bond donors (Lipinski definition) is 0. The van der Waals surface area contributed by atoms with Crippen molar-refractivity contribution in [2.24, 2.45) is 10.2 Å². The van der Waals surface area contributed by atoms with Crippen molar-refractivity contribution in [1.29, 1.82) is 0 Å². The van der Waals surface area contributed by atoms with E-state index in [1.165, 1.54) is 0 Å². The fourth-order valence-electron chi connectivity index (χ4n) is 1.44. The molecule has 1 heterocycles. The summed E-state index contributed by atoms with van der Waals surface area (Å²) in [5.41, 5.74) is 0.793. The van der Waals surface area contributed by atoms with Gasteiger partial charge in [-0.2, -0.15) is 0 Å². The molecule has 0 atom stereocenters. The van der Waals surface area contributed by atoms with Gasteiger partial charge >= 0.3 is 5.82 Å². The van der Waals surface area contributed by atoms with Crippen molar-refractivity contribution in [2.45, 2.75) is 13.5 Å². The molecular formula is C13H13ClN3+. The maximum Gasteiger partial charge on any atom is 0.350 e. The third-order valence-electron chi connectivity index (χ3n) is 2.35. The average Bonchev–Trinajstić information content (AvgIpc) is 2.38. The van der Waals surface area contributed by atoms with Crippen LogP contribution in [-0.4, -0.2) is 0 Å². The van der Waals surface area contributed by atoms with Crippen LogP contribution in [0.4, 0.5) is 11.5 Å². The number of hydrogen-bond acceptors (Lipinski definition) is 2. The Balaban J connectivity index is 2.22. The normalized spacial score (nSPS) is 10.9. The molecule has 0 saturated heterocycles. The zero-order chi connectivity index (χ0) is 12.1. The van der Waals surface area contributed by atoms with Gasteiger partial charge in [-0.1, -0.05) is 17.7 Å². The van der Waals surface area contributed by atoms with Crippen LogP contribution in [0.15, 0.2) is 58.9 Å². The number of rotatable bonds is 3. The second kappa shape index (κ2) is 5.55. The number of aromatic nitrogens is 1. The summed E-state index contributed by atoms with van der Waals surface area (Å²) < 4.78 is 2.03.